The number of carbonyl (C=O) groups is 2. The van der Waals surface area contributed by atoms with Gasteiger partial charge in [-0.25, -0.2) is 9.18 Å². The van der Waals surface area contributed by atoms with Gasteiger partial charge in [0, 0.05) is 12.2 Å². The van der Waals surface area contributed by atoms with E-state index in [9.17, 15) is 24.3 Å². The molecule has 2 N–H and O–H groups in total. The average Bonchev–Trinajstić information content (AvgIpc) is 2.97. The lowest BCUT2D eigenvalue weighted by atomic mass is 9.85. The number of nitriles is 1. The van der Waals surface area contributed by atoms with Crippen LogP contribution < -0.4 is 5.32 Å². The maximum atomic E-state index is 13.2. The third-order valence-electron chi connectivity index (χ3n) is 5.85. The Morgan fingerprint density at radius 3 is 2.48 bits per heavy atom. The van der Waals surface area contributed by atoms with Gasteiger partial charge in [-0.2, -0.15) is 5.26 Å². The number of amides is 1. The fourth-order valence-electron chi connectivity index (χ4n) is 3.87. The minimum absolute atomic E-state index is 0.291. The highest BCUT2D eigenvalue weighted by atomic mass is 19.1. The van der Waals surface area contributed by atoms with E-state index in [2.05, 4.69) is 11.4 Å². The smallest absolute Gasteiger partial charge is 0.338 e. The molecule has 7 nitrogen and oxygen atoms in total. The molecule has 31 heavy (non-hydrogen) atoms. The molecule has 0 bridgehead atoms. The minimum atomic E-state index is -1.54. The number of anilines is 1. The normalized spacial score (nSPS) is 15.2. The van der Waals surface area contributed by atoms with E-state index < -0.39 is 24.1 Å². The van der Waals surface area contributed by atoms with Crippen molar-refractivity contribution in [3.63, 3.8) is 0 Å². The van der Waals surface area contributed by atoms with E-state index in [1.54, 1.807) is 23.6 Å². The molecule has 0 atom stereocenters. The number of carbonyl (C=O) groups excluding carboxylic acids is 2. The fourth-order valence-corrected chi connectivity index (χ4v) is 3.87. The number of esters is 1. The largest absolute Gasteiger partial charge is 0.453 e. The maximum absolute atomic E-state index is 13.2. The van der Waals surface area contributed by atoms with Crippen LogP contribution in [0.3, 0.4) is 0 Å². The van der Waals surface area contributed by atoms with Crippen molar-refractivity contribution in [2.24, 2.45) is 0 Å². The van der Waals surface area contributed by atoms with Crippen LogP contribution in [-0.2, 0) is 20.9 Å². The molecular weight excluding hydrogens is 401 g/mol. The molecule has 2 aromatic rings. The van der Waals surface area contributed by atoms with Gasteiger partial charge in [0.05, 0.1) is 5.56 Å². The summed E-state index contributed by atoms with van der Waals surface area (Å²) in [6.45, 7) is 3.37. The van der Waals surface area contributed by atoms with Gasteiger partial charge in [-0.15, -0.1) is 0 Å². The first-order valence-electron chi connectivity index (χ1n) is 10.3. The zero-order valence-corrected chi connectivity index (χ0v) is 17.7. The number of benzene rings is 1. The van der Waals surface area contributed by atoms with Crippen molar-refractivity contribution in [1.82, 2.24) is 4.57 Å². The lowest BCUT2D eigenvalue weighted by Crippen LogP contribution is -2.42. The first kappa shape index (κ1) is 22.5. The van der Waals surface area contributed by atoms with Crippen molar-refractivity contribution in [2.75, 3.05) is 11.9 Å². The second-order valence-electron chi connectivity index (χ2n) is 7.97. The molecule has 0 unspecified atom stereocenters. The molecule has 8 heteroatoms. The van der Waals surface area contributed by atoms with Gasteiger partial charge in [-0.05, 0) is 62.8 Å². The summed E-state index contributed by atoms with van der Waals surface area (Å²) in [5, 5.41) is 22.7. The Labute approximate surface area is 180 Å². The van der Waals surface area contributed by atoms with Crippen molar-refractivity contribution in [3.05, 3.63) is 52.5 Å². The van der Waals surface area contributed by atoms with Crippen molar-refractivity contribution in [2.45, 2.75) is 58.1 Å². The Bertz CT molecular complexity index is 1010. The predicted octanol–water partition coefficient (Wildman–Crippen LogP) is 3.34. The summed E-state index contributed by atoms with van der Waals surface area (Å²) >= 11 is 0. The minimum Gasteiger partial charge on any atom is -0.453 e. The molecule has 1 saturated carbocycles. The second-order valence-corrected chi connectivity index (χ2v) is 7.97. The van der Waals surface area contributed by atoms with Crippen molar-refractivity contribution in [3.8, 4) is 6.07 Å². The molecule has 0 spiro atoms. The number of nitrogens with zero attached hydrogens (tertiary/aromatic N) is 2. The number of nitrogens with one attached hydrogen (secondary N) is 1. The number of hydrogen-bond donors (Lipinski definition) is 2. The van der Waals surface area contributed by atoms with Crippen LogP contribution in [0.4, 0.5) is 10.2 Å². The van der Waals surface area contributed by atoms with Crippen LogP contribution in [0, 0.1) is 31.0 Å². The molecule has 3 rings (SSSR count). The number of hydrogen-bond acceptors (Lipinski definition) is 5. The van der Waals surface area contributed by atoms with Gasteiger partial charge >= 0.3 is 5.97 Å². The highest BCUT2D eigenvalue weighted by Crippen LogP contribution is 2.30. The van der Waals surface area contributed by atoms with Crippen LogP contribution in [-0.4, -0.2) is 33.8 Å². The van der Waals surface area contributed by atoms with Gasteiger partial charge in [0.1, 0.15) is 17.7 Å². The molecule has 1 aliphatic rings. The van der Waals surface area contributed by atoms with Crippen molar-refractivity contribution < 1.29 is 23.8 Å². The Morgan fingerprint density at radius 1 is 1.23 bits per heavy atom. The summed E-state index contributed by atoms with van der Waals surface area (Å²) in [7, 11) is 0. The fraction of sp³-hybridized carbons (Fsp3) is 0.435. The molecular formula is C23H26FN3O4. The third-order valence-corrected chi connectivity index (χ3v) is 5.85. The van der Waals surface area contributed by atoms with Crippen LogP contribution in [0.1, 0.15) is 54.5 Å². The first-order valence-corrected chi connectivity index (χ1v) is 10.3. The summed E-state index contributed by atoms with van der Waals surface area (Å²) < 4.78 is 20.0. The lowest BCUT2D eigenvalue weighted by molar-refractivity contribution is -0.170. The molecule has 0 aliphatic heterocycles. The molecule has 0 radical (unpaired) electrons. The second kappa shape index (κ2) is 9.31. The quantitative estimate of drug-likeness (QED) is 0.688. The number of ether oxygens (including phenoxy) is 1. The highest BCUT2D eigenvalue weighted by molar-refractivity contribution is 5.94. The van der Waals surface area contributed by atoms with E-state index in [-0.39, 0.29) is 5.82 Å². The van der Waals surface area contributed by atoms with Crippen LogP contribution in [0.5, 0.6) is 0 Å². The van der Waals surface area contributed by atoms with Gasteiger partial charge in [0.15, 0.2) is 12.2 Å². The van der Waals surface area contributed by atoms with Gasteiger partial charge < -0.3 is 19.7 Å². The first-order chi connectivity index (χ1) is 14.7. The molecule has 1 fully saturated rings. The van der Waals surface area contributed by atoms with Crippen LogP contribution in [0.2, 0.25) is 0 Å². The SMILES string of the molecule is Cc1c(C#N)c(NC(=O)COC(=O)C2(O)CCCCC2)n(Cc2ccc(F)cc2)c1C. The maximum Gasteiger partial charge on any atom is 0.338 e. The van der Waals surface area contributed by atoms with E-state index in [1.807, 2.05) is 6.92 Å². The number of rotatable bonds is 6. The summed E-state index contributed by atoms with van der Waals surface area (Å²) in [4.78, 5) is 24.8. The monoisotopic (exact) mass is 427 g/mol. The van der Waals surface area contributed by atoms with Gasteiger partial charge in [0.25, 0.3) is 5.91 Å². The molecule has 1 heterocycles. The zero-order valence-electron chi connectivity index (χ0n) is 17.7. The van der Waals surface area contributed by atoms with E-state index in [1.165, 1.54) is 12.1 Å². The highest BCUT2D eigenvalue weighted by Gasteiger charge is 2.39. The molecule has 1 aliphatic carbocycles. The number of aliphatic hydroxyl groups is 1. The van der Waals surface area contributed by atoms with E-state index in [4.69, 9.17) is 4.74 Å². The van der Waals surface area contributed by atoms with Gasteiger partial charge in [-0.3, -0.25) is 4.79 Å². The average molecular weight is 427 g/mol. The lowest BCUT2D eigenvalue weighted by Gasteiger charge is -2.29. The standard InChI is InChI=1S/C23H26FN3O4/c1-15-16(2)27(13-17-6-8-18(24)9-7-17)21(19(15)12-25)26-20(28)14-31-22(29)23(30)10-4-3-5-11-23/h6-9,30H,3-5,10-11,13-14H2,1-2H3,(H,26,28). The van der Waals surface area contributed by atoms with E-state index in [0.29, 0.717) is 36.3 Å². The summed E-state index contributed by atoms with van der Waals surface area (Å²) in [6, 6.07) is 8.07. The van der Waals surface area contributed by atoms with Gasteiger partial charge in [0.2, 0.25) is 0 Å². The zero-order chi connectivity index (χ0) is 22.6. The van der Waals surface area contributed by atoms with E-state index in [0.717, 1.165) is 30.5 Å². The Morgan fingerprint density at radius 2 is 1.87 bits per heavy atom. The van der Waals surface area contributed by atoms with Crippen LogP contribution >= 0.6 is 0 Å². The topological polar surface area (TPSA) is 104 Å². The van der Waals surface area contributed by atoms with E-state index >= 15 is 0 Å². The Hall–Kier alpha value is -3.18. The van der Waals surface area contributed by atoms with Crippen molar-refractivity contribution in [1.29, 1.82) is 5.26 Å². The van der Waals surface area contributed by atoms with Gasteiger partial charge in [-0.1, -0.05) is 18.6 Å². The van der Waals surface area contributed by atoms with Crippen LogP contribution in [0.25, 0.3) is 0 Å². The molecule has 1 aromatic carbocycles. The number of aromatic nitrogens is 1. The molecule has 0 saturated heterocycles. The summed E-state index contributed by atoms with van der Waals surface area (Å²) in [6.07, 6.45) is 3.07. The summed E-state index contributed by atoms with van der Waals surface area (Å²) in [5.41, 5.74) is 1.07. The Balaban J connectivity index is 1.74. The summed E-state index contributed by atoms with van der Waals surface area (Å²) in [5.74, 6) is -1.46. The molecule has 1 aromatic heterocycles. The predicted molar refractivity (Wildman–Crippen MR) is 112 cm³/mol. The molecule has 1 amide bonds. The van der Waals surface area contributed by atoms with Crippen molar-refractivity contribution >= 4 is 17.7 Å². The third kappa shape index (κ3) is 4.94. The van der Waals surface area contributed by atoms with Crippen LogP contribution in [0.15, 0.2) is 24.3 Å². The number of halogens is 1. The molecule has 164 valence electrons. The Kier molecular flexibility index (Phi) is 6.76.